The van der Waals surface area contributed by atoms with Crippen LogP contribution < -0.4 is 5.73 Å². The van der Waals surface area contributed by atoms with E-state index in [9.17, 15) is 0 Å². The molecule has 0 fully saturated rings. The van der Waals surface area contributed by atoms with E-state index in [1.165, 1.54) is 11.1 Å². The Kier molecular flexibility index (Phi) is 3.59. The highest BCUT2D eigenvalue weighted by molar-refractivity contribution is 5.34. The first-order chi connectivity index (χ1) is 8.27. The second-order valence-electron chi connectivity index (χ2n) is 4.10. The summed E-state index contributed by atoms with van der Waals surface area (Å²) in [5.74, 6) is 0. The minimum absolute atomic E-state index is 0.0893. The van der Waals surface area contributed by atoms with Crippen molar-refractivity contribution in [2.24, 2.45) is 5.73 Å². The summed E-state index contributed by atoms with van der Waals surface area (Å²) in [7, 11) is 0. The molecule has 90 valence electrons. The van der Waals surface area contributed by atoms with Crippen molar-refractivity contribution >= 4 is 0 Å². The molecule has 2 rings (SSSR count). The molecule has 3 heteroatoms. The van der Waals surface area contributed by atoms with E-state index < -0.39 is 0 Å². The molecule has 17 heavy (non-hydrogen) atoms. The second kappa shape index (κ2) is 5.15. The maximum Gasteiger partial charge on any atom is 0.0725 e. The average molecular weight is 229 g/mol. The molecule has 3 nitrogen and oxygen atoms in total. The zero-order chi connectivity index (χ0) is 12.3. The molecule has 1 heterocycles. The number of hydrogen-bond acceptors (Lipinski definition) is 2. The fourth-order valence-electron chi connectivity index (χ4n) is 2.19. The first-order valence-corrected chi connectivity index (χ1v) is 6.13. The summed E-state index contributed by atoms with van der Waals surface area (Å²) < 4.78 is 1.96. The van der Waals surface area contributed by atoms with Gasteiger partial charge in [0.25, 0.3) is 0 Å². The summed E-state index contributed by atoms with van der Waals surface area (Å²) in [6.45, 7) is 5.09. The Morgan fingerprint density at radius 3 is 2.71 bits per heavy atom. The standard InChI is InChI=1S/C14H19N3/c1-3-11-7-5-6-8-12(11)14(15)13-9-10-16-17(13)4-2/h5-10,14H,3-4,15H2,1-2H3. The average Bonchev–Trinajstić information content (AvgIpc) is 2.86. The van der Waals surface area contributed by atoms with Crippen molar-refractivity contribution in [3.63, 3.8) is 0 Å². The highest BCUT2D eigenvalue weighted by Crippen LogP contribution is 2.23. The first kappa shape index (κ1) is 11.9. The lowest BCUT2D eigenvalue weighted by Crippen LogP contribution is -2.18. The van der Waals surface area contributed by atoms with E-state index in [-0.39, 0.29) is 6.04 Å². The molecule has 0 aliphatic heterocycles. The zero-order valence-electron chi connectivity index (χ0n) is 10.4. The Hall–Kier alpha value is -1.61. The molecule has 1 aromatic carbocycles. The van der Waals surface area contributed by atoms with Crippen molar-refractivity contribution in [3.8, 4) is 0 Å². The van der Waals surface area contributed by atoms with Crippen molar-refractivity contribution in [2.45, 2.75) is 32.9 Å². The van der Waals surface area contributed by atoms with Crippen LogP contribution in [0, 0.1) is 0 Å². The SMILES string of the molecule is CCc1ccccc1C(N)c1ccnn1CC. The maximum absolute atomic E-state index is 6.35. The molecule has 2 N–H and O–H groups in total. The van der Waals surface area contributed by atoms with Crippen LogP contribution in [-0.2, 0) is 13.0 Å². The van der Waals surface area contributed by atoms with Crippen LogP contribution in [0.5, 0.6) is 0 Å². The third-order valence-corrected chi connectivity index (χ3v) is 3.14. The van der Waals surface area contributed by atoms with Crippen LogP contribution >= 0.6 is 0 Å². The molecular weight excluding hydrogens is 210 g/mol. The number of hydrogen-bond donors (Lipinski definition) is 1. The van der Waals surface area contributed by atoms with Crippen LogP contribution in [0.1, 0.15) is 36.7 Å². The molecule has 1 atom stereocenters. The van der Waals surface area contributed by atoms with Crippen LogP contribution in [0.2, 0.25) is 0 Å². The predicted molar refractivity (Wildman–Crippen MR) is 69.8 cm³/mol. The van der Waals surface area contributed by atoms with E-state index in [2.05, 4.69) is 37.1 Å². The number of nitrogens with zero attached hydrogens (tertiary/aromatic N) is 2. The van der Waals surface area contributed by atoms with Crippen LogP contribution in [0.15, 0.2) is 36.5 Å². The van der Waals surface area contributed by atoms with Gasteiger partial charge in [0.1, 0.15) is 0 Å². The van der Waals surface area contributed by atoms with Crippen molar-refractivity contribution in [1.29, 1.82) is 0 Å². The second-order valence-corrected chi connectivity index (χ2v) is 4.10. The summed E-state index contributed by atoms with van der Waals surface area (Å²) in [5.41, 5.74) is 9.94. The van der Waals surface area contributed by atoms with E-state index in [4.69, 9.17) is 5.73 Å². The van der Waals surface area contributed by atoms with Crippen molar-refractivity contribution in [3.05, 3.63) is 53.3 Å². The molecule has 1 unspecified atom stereocenters. The van der Waals surface area contributed by atoms with Gasteiger partial charge in [0.15, 0.2) is 0 Å². The highest BCUT2D eigenvalue weighted by Gasteiger charge is 2.15. The number of rotatable bonds is 4. The Labute approximate surface area is 102 Å². The molecule has 0 amide bonds. The van der Waals surface area contributed by atoms with Gasteiger partial charge in [-0.15, -0.1) is 0 Å². The van der Waals surface area contributed by atoms with Gasteiger partial charge in [-0.25, -0.2) is 0 Å². The summed E-state index contributed by atoms with van der Waals surface area (Å²) >= 11 is 0. The predicted octanol–water partition coefficient (Wildman–Crippen LogP) is 2.51. The monoisotopic (exact) mass is 229 g/mol. The van der Waals surface area contributed by atoms with Gasteiger partial charge in [-0.05, 0) is 30.5 Å². The van der Waals surface area contributed by atoms with E-state index >= 15 is 0 Å². The minimum Gasteiger partial charge on any atom is -0.319 e. The zero-order valence-corrected chi connectivity index (χ0v) is 10.4. The Morgan fingerprint density at radius 2 is 2.00 bits per heavy atom. The Morgan fingerprint density at radius 1 is 1.24 bits per heavy atom. The lowest BCUT2D eigenvalue weighted by Gasteiger charge is -2.17. The van der Waals surface area contributed by atoms with Crippen molar-refractivity contribution in [1.82, 2.24) is 9.78 Å². The molecular formula is C14H19N3. The normalized spacial score (nSPS) is 12.6. The largest absolute Gasteiger partial charge is 0.319 e. The lowest BCUT2D eigenvalue weighted by molar-refractivity contribution is 0.599. The molecule has 2 aromatic rings. The van der Waals surface area contributed by atoms with E-state index in [1.807, 2.05) is 23.0 Å². The van der Waals surface area contributed by atoms with Crippen molar-refractivity contribution in [2.75, 3.05) is 0 Å². The Bertz CT molecular complexity index is 488. The van der Waals surface area contributed by atoms with Gasteiger partial charge in [-0.3, -0.25) is 4.68 Å². The molecule has 0 spiro atoms. The van der Waals surface area contributed by atoms with E-state index in [1.54, 1.807) is 0 Å². The maximum atomic E-state index is 6.35. The quantitative estimate of drug-likeness (QED) is 0.875. The van der Waals surface area contributed by atoms with Crippen LogP contribution in [0.25, 0.3) is 0 Å². The van der Waals surface area contributed by atoms with Crippen LogP contribution in [0.4, 0.5) is 0 Å². The van der Waals surface area contributed by atoms with Gasteiger partial charge in [0.05, 0.1) is 11.7 Å². The van der Waals surface area contributed by atoms with Gasteiger partial charge < -0.3 is 5.73 Å². The number of nitrogens with two attached hydrogens (primary N) is 1. The summed E-state index contributed by atoms with van der Waals surface area (Å²) in [4.78, 5) is 0. The van der Waals surface area contributed by atoms with Gasteiger partial charge in [0.2, 0.25) is 0 Å². The molecule has 0 radical (unpaired) electrons. The van der Waals surface area contributed by atoms with Gasteiger partial charge in [-0.1, -0.05) is 31.2 Å². The molecule has 0 aliphatic rings. The fourth-order valence-corrected chi connectivity index (χ4v) is 2.19. The number of aromatic nitrogens is 2. The topological polar surface area (TPSA) is 43.8 Å². The van der Waals surface area contributed by atoms with Crippen LogP contribution in [0.3, 0.4) is 0 Å². The van der Waals surface area contributed by atoms with Crippen LogP contribution in [-0.4, -0.2) is 9.78 Å². The van der Waals surface area contributed by atoms with E-state index in [0.29, 0.717) is 0 Å². The lowest BCUT2D eigenvalue weighted by atomic mass is 9.97. The fraction of sp³-hybridized carbons (Fsp3) is 0.357. The summed E-state index contributed by atoms with van der Waals surface area (Å²) in [5, 5.41) is 4.27. The highest BCUT2D eigenvalue weighted by atomic mass is 15.3. The Balaban J connectivity index is 2.40. The third-order valence-electron chi connectivity index (χ3n) is 3.14. The number of benzene rings is 1. The molecule has 0 saturated heterocycles. The van der Waals surface area contributed by atoms with Gasteiger partial charge in [0, 0.05) is 12.7 Å². The third kappa shape index (κ3) is 2.24. The van der Waals surface area contributed by atoms with Crippen molar-refractivity contribution < 1.29 is 0 Å². The summed E-state index contributed by atoms with van der Waals surface area (Å²) in [6, 6.07) is 10.3. The smallest absolute Gasteiger partial charge is 0.0725 e. The molecule has 1 aromatic heterocycles. The minimum atomic E-state index is -0.0893. The van der Waals surface area contributed by atoms with E-state index in [0.717, 1.165) is 18.7 Å². The van der Waals surface area contributed by atoms with Gasteiger partial charge >= 0.3 is 0 Å². The first-order valence-electron chi connectivity index (χ1n) is 6.13. The number of aryl methyl sites for hydroxylation is 2. The summed E-state index contributed by atoms with van der Waals surface area (Å²) in [6.07, 6.45) is 2.82. The molecule has 0 aliphatic carbocycles. The molecule has 0 saturated carbocycles. The molecule has 0 bridgehead atoms. The van der Waals surface area contributed by atoms with Gasteiger partial charge in [-0.2, -0.15) is 5.10 Å².